The van der Waals surface area contributed by atoms with Gasteiger partial charge < -0.3 is 9.30 Å². The molecule has 1 heterocycles. The third kappa shape index (κ3) is 2.13. The van der Waals surface area contributed by atoms with E-state index in [0.717, 1.165) is 16.9 Å². The number of benzene rings is 1. The van der Waals surface area contributed by atoms with Crippen LogP contribution in [0.25, 0.3) is 11.0 Å². The molecule has 0 radical (unpaired) electrons. The lowest BCUT2D eigenvalue weighted by Gasteiger charge is -2.01. The van der Waals surface area contributed by atoms with Gasteiger partial charge in [0.2, 0.25) is 0 Å². The number of nitrogens with zero attached hydrogens (tertiary/aromatic N) is 2. The summed E-state index contributed by atoms with van der Waals surface area (Å²) in [7, 11) is 1.90. The van der Waals surface area contributed by atoms with E-state index in [0.29, 0.717) is 18.1 Å². The van der Waals surface area contributed by atoms with Crippen molar-refractivity contribution in [3.63, 3.8) is 0 Å². The van der Waals surface area contributed by atoms with Crippen molar-refractivity contribution in [2.24, 2.45) is 7.05 Å². The van der Waals surface area contributed by atoms with E-state index < -0.39 is 0 Å². The number of hydrogen-bond acceptors (Lipinski definition) is 3. The number of ether oxygens (including phenoxy) is 1. The molecule has 1 aromatic carbocycles. The summed E-state index contributed by atoms with van der Waals surface area (Å²) in [4.78, 5) is 15.9. The smallest absolute Gasteiger partial charge is 0.338 e. The molecule has 0 aliphatic heterocycles. The Morgan fingerprint density at radius 1 is 1.53 bits per heavy atom. The summed E-state index contributed by atoms with van der Waals surface area (Å²) in [5.74, 6) is 0.801. The third-order valence-corrected chi connectivity index (χ3v) is 2.84. The summed E-state index contributed by atoms with van der Waals surface area (Å²) in [6.45, 7) is 2.15. The van der Waals surface area contributed by atoms with Gasteiger partial charge in [-0.25, -0.2) is 9.78 Å². The number of aromatic nitrogens is 2. The van der Waals surface area contributed by atoms with E-state index in [1.165, 1.54) is 0 Å². The van der Waals surface area contributed by atoms with Crippen molar-refractivity contribution in [3.05, 3.63) is 29.6 Å². The molecule has 4 nitrogen and oxygen atoms in total. The topological polar surface area (TPSA) is 44.1 Å². The van der Waals surface area contributed by atoms with E-state index in [2.05, 4.69) is 4.98 Å². The summed E-state index contributed by atoms with van der Waals surface area (Å²) in [6.07, 6.45) is 0. The number of halogens is 1. The molecule has 90 valence electrons. The predicted octanol–water partition coefficient (Wildman–Crippen LogP) is 2.49. The molecule has 17 heavy (non-hydrogen) atoms. The number of aryl methyl sites for hydroxylation is 1. The number of alkyl halides is 1. The average Bonchev–Trinajstić information content (AvgIpc) is 2.66. The van der Waals surface area contributed by atoms with Crippen molar-refractivity contribution in [3.8, 4) is 0 Å². The molecule has 0 bridgehead atoms. The SMILES string of the molecule is CCOC(=O)c1ccc2c(c1)nc(CCl)n2C. The molecule has 0 saturated carbocycles. The monoisotopic (exact) mass is 252 g/mol. The van der Waals surface area contributed by atoms with E-state index in [-0.39, 0.29) is 5.97 Å². The number of carbonyl (C=O) groups is 1. The first kappa shape index (κ1) is 11.9. The largest absolute Gasteiger partial charge is 0.462 e. The quantitative estimate of drug-likeness (QED) is 0.623. The Morgan fingerprint density at radius 2 is 2.29 bits per heavy atom. The van der Waals surface area contributed by atoms with Crippen molar-refractivity contribution in [1.82, 2.24) is 9.55 Å². The molecular weight excluding hydrogens is 240 g/mol. The number of esters is 1. The summed E-state index contributed by atoms with van der Waals surface area (Å²) < 4.78 is 6.85. The summed E-state index contributed by atoms with van der Waals surface area (Å²) >= 11 is 5.78. The highest BCUT2D eigenvalue weighted by molar-refractivity contribution is 6.16. The van der Waals surface area contributed by atoms with Crippen LogP contribution in [0.3, 0.4) is 0 Å². The van der Waals surface area contributed by atoms with Gasteiger partial charge in [0.15, 0.2) is 0 Å². The van der Waals surface area contributed by atoms with Crippen molar-refractivity contribution in [1.29, 1.82) is 0 Å². The van der Waals surface area contributed by atoms with Gasteiger partial charge in [-0.2, -0.15) is 0 Å². The predicted molar refractivity (Wildman–Crippen MR) is 66.2 cm³/mol. The third-order valence-electron chi connectivity index (χ3n) is 2.60. The maximum absolute atomic E-state index is 11.6. The average molecular weight is 253 g/mol. The highest BCUT2D eigenvalue weighted by Gasteiger charge is 2.11. The lowest BCUT2D eigenvalue weighted by atomic mass is 10.2. The van der Waals surface area contributed by atoms with E-state index in [1.807, 2.05) is 17.7 Å². The minimum atomic E-state index is -0.326. The van der Waals surface area contributed by atoms with Crippen LogP contribution in [0.5, 0.6) is 0 Å². The zero-order valence-electron chi connectivity index (χ0n) is 9.74. The van der Waals surface area contributed by atoms with Crippen LogP contribution in [-0.2, 0) is 17.7 Å². The van der Waals surface area contributed by atoms with E-state index in [4.69, 9.17) is 16.3 Å². The second-order valence-electron chi connectivity index (χ2n) is 3.64. The van der Waals surface area contributed by atoms with Crippen molar-refractivity contribution < 1.29 is 9.53 Å². The van der Waals surface area contributed by atoms with Gasteiger partial charge in [-0.3, -0.25) is 0 Å². The lowest BCUT2D eigenvalue weighted by molar-refractivity contribution is 0.0526. The maximum Gasteiger partial charge on any atom is 0.338 e. The van der Waals surface area contributed by atoms with Crippen LogP contribution in [0.1, 0.15) is 23.1 Å². The summed E-state index contributed by atoms with van der Waals surface area (Å²) in [5.41, 5.74) is 2.22. The first-order valence-corrected chi connectivity index (χ1v) is 5.89. The van der Waals surface area contributed by atoms with E-state index in [9.17, 15) is 4.79 Å². The normalized spacial score (nSPS) is 10.8. The minimum Gasteiger partial charge on any atom is -0.462 e. The van der Waals surface area contributed by atoms with Crippen molar-refractivity contribution >= 4 is 28.6 Å². The number of rotatable bonds is 3. The van der Waals surface area contributed by atoms with Gasteiger partial charge in [0.05, 0.1) is 29.1 Å². The van der Waals surface area contributed by atoms with Gasteiger partial charge in [0.1, 0.15) is 5.82 Å². The van der Waals surface area contributed by atoms with Gasteiger partial charge in [-0.1, -0.05) is 0 Å². The van der Waals surface area contributed by atoms with Gasteiger partial charge in [0.25, 0.3) is 0 Å². The fraction of sp³-hybridized carbons (Fsp3) is 0.333. The first-order valence-electron chi connectivity index (χ1n) is 5.35. The number of carbonyl (C=O) groups excluding carboxylic acids is 1. The van der Waals surface area contributed by atoms with Gasteiger partial charge in [0, 0.05) is 7.05 Å². The zero-order chi connectivity index (χ0) is 12.4. The molecule has 2 aromatic rings. The standard InChI is InChI=1S/C12H13ClN2O2/c1-3-17-12(16)8-4-5-10-9(6-8)14-11(7-13)15(10)2/h4-6H,3,7H2,1-2H3. The molecule has 0 atom stereocenters. The molecule has 5 heteroatoms. The van der Waals surface area contributed by atoms with Gasteiger partial charge >= 0.3 is 5.97 Å². The van der Waals surface area contributed by atoms with Crippen molar-refractivity contribution in [2.75, 3.05) is 6.61 Å². The molecule has 0 saturated heterocycles. The van der Waals surface area contributed by atoms with Crippen LogP contribution in [0, 0.1) is 0 Å². The Balaban J connectivity index is 2.47. The molecular formula is C12H13ClN2O2. The molecule has 0 aliphatic rings. The highest BCUT2D eigenvalue weighted by Crippen LogP contribution is 2.18. The second kappa shape index (κ2) is 4.75. The molecule has 0 aliphatic carbocycles. The summed E-state index contributed by atoms with van der Waals surface area (Å²) in [5, 5.41) is 0. The van der Waals surface area contributed by atoms with Crippen LogP contribution >= 0.6 is 11.6 Å². The Hall–Kier alpha value is -1.55. The molecule has 0 fully saturated rings. The van der Waals surface area contributed by atoms with Crippen LogP contribution in [-0.4, -0.2) is 22.1 Å². The fourth-order valence-electron chi connectivity index (χ4n) is 1.71. The van der Waals surface area contributed by atoms with E-state index >= 15 is 0 Å². The number of hydrogen-bond donors (Lipinski definition) is 0. The molecule has 0 spiro atoms. The summed E-state index contributed by atoms with van der Waals surface area (Å²) in [6, 6.07) is 5.31. The zero-order valence-corrected chi connectivity index (χ0v) is 10.5. The molecule has 0 N–H and O–H groups in total. The number of fused-ring (bicyclic) bond motifs is 1. The van der Waals surface area contributed by atoms with Crippen LogP contribution in [0.15, 0.2) is 18.2 Å². The lowest BCUT2D eigenvalue weighted by Crippen LogP contribution is -2.04. The molecule has 1 aromatic heterocycles. The van der Waals surface area contributed by atoms with Gasteiger partial charge in [-0.05, 0) is 25.1 Å². The number of imidazole rings is 1. The first-order chi connectivity index (χ1) is 8.17. The van der Waals surface area contributed by atoms with Crippen LogP contribution in [0.4, 0.5) is 0 Å². The van der Waals surface area contributed by atoms with E-state index in [1.54, 1.807) is 19.1 Å². The highest BCUT2D eigenvalue weighted by atomic mass is 35.5. The minimum absolute atomic E-state index is 0.326. The fourth-order valence-corrected chi connectivity index (χ4v) is 1.95. The van der Waals surface area contributed by atoms with Crippen LogP contribution in [0.2, 0.25) is 0 Å². The Morgan fingerprint density at radius 3 is 2.94 bits per heavy atom. The Kier molecular flexibility index (Phi) is 3.33. The maximum atomic E-state index is 11.6. The van der Waals surface area contributed by atoms with Crippen molar-refractivity contribution in [2.45, 2.75) is 12.8 Å². The second-order valence-corrected chi connectivity index (χ2v) is 3.91. The Labute approximate surface area is 104 Å². The van der Waals surface area contributed by atoms with Gasteiger partial charge in [-0.15, -0.1) is 11.6 Å². The Bertz CT molecular complexity index is 563. The molecule has 0 amide bonds. The van der Waals surface area contributed by atoms with Crippen LogP contribution < -0.4 is 0 Å². The molecule has 2 rings (SSSR count). The molecule has 0 unspecified atom stereocenters.